The molecule has 0 atom stereocenters. The van der Waals surface area contributed by atoms with E-state index in [2.05, 4.69) is 11.6 Å². The van der Waals surface area contributed by atoms with Crippen molar-refractivity contribution in [3.8, 4) is 0 Å². The van der Waals surface area contributed by atoms with Gasteiger partial charge in [-0.3, -0.25) is 9.52 Å². The summed E-state index contributed by atoms with van der Waals surface area (Å²) in [4.78, 5) is 9.90. The quantitative estimate of drug-likeness (QED) is 0.112. The van der Waals surface area contributed by atoms with Crippen molar-refractivity contribution < 1.29 is 35.5 Å². The lowest BCUT2D eigenvalue weighted by atomic mass is 10.0. The van der Waals surface area contributed by atoms with Crippen molar-refractivity contribution in [3.05, 3.63) is 24.3 Å². The van der Waals surface area contributed by atoms with Crippen molar-refractivity contribution in [1.82, 2.24) is 4.72 Å². The minimum atomic E-state index is -4.70. The van der Waals surface area contributed by atoms with E-state index in [4.69, 9.17) is 5.11 Å². The molecule has 0 saturated heterocycles. The van der Waals surface area contributed by atoms with Crippen LogP contribution in [0.25, 0.3) is 0 Å². The van der Waals surface area contributed by atoms with Crippen LogP contribution in [0, 0.1) is 0 Å². The lowest BCUT2D eigenvalue weighted by Gasteiger charge is -2.16. The van der Waals surface area contributed by atoms with E-state index >= 15 is 0 Å². The number of carboxylic acid groups (broad SMARTS) is 1. The van der Waals surface area contributed by atoms with Crippen LogP contribution in [0.3, 0.4) is 0 Å². The molecule has 1 aromatic rings. The second-order valence-corrected chi connectivity index (χ2v) is 12.9. The molecule has 0 aliphatic heterocycles. The molecule has 0 aromatic heterocycles. The summed E-state index contributed by atoms with van der Waals surface area (Å²) in [7, 11) is -8.34. The monoisotopic (exact) mass is 568 g/mol. The average Bonchev–Trinajstić information content (AvgIpc) is 2.77. The number of carboxylic acids is 1. The van der Waals surface area contributed by atoms with E-state index in [9.17, 15) is 30.4 Å². The Kier molecular flexibility index (Phi) is 15.2. The van der Waals surface area contributed by atoms with Crippen molar-refractivity contribution in [3.63, 3.8) is 0 Å². The minimum absolute atomic E-state index is 0.0753. The van der Waals surface area contributed by atoms with Crippen LogP contribution in [-0.4, -0.2) is 39.7 Å². The highest BCUT2D eigenvalue weighted by Gasteiger charge is 2.37. The molecule has 0 unspecified atom stereocenters. The molecular formula is C25H42F2N2O6S2. The van der Waals surface area contributed by atoms with Crippen molar-refractivity contribution in [2.75, 3.05) is 10.5 Å². The van der Waals surface area contributed by atoms with E-state index < -0.39 is 43.4 Å². The van der Waals surface area contributed by atoms with Gasteiger partial charge in [-0.1, -0.05) is 90.4 Å². The summed E-state index contributed by atoms with van der Waals surface area (Å²) in [6, 6.07) is 0.0464. The fourth-order valence-corrected chi connectivity index (χ4v) is 6.16. The number of hydrogen-bond donors (Lipinski definition) is 3. The van der Waals surface area contributed by atoms with Gasteiger partial charge in [0.15, 0.2) is 0 Å². The highest BCUT2D eigenvalue weighted by atomic mass is 32.2. The summed E-state index contributed by atoms with van der Waals surface area (Å²) < 4.78 is 79.1. The van der Waals surface area contributed by atoms with Gasteiger partial charge in [-0.25, -0.2) is 16.8 Å². The van der Waals surface area contributed by atoms with E-state index in [1.165, 1.54) is 57.8 Å². The van der Waals surface area contributed by atoms with Gasteiger partial charge in [0, 0.05) is 5.69 Å². The molecule has 0 saturated carbocycles. The molecule has 0 amide bonds. The number of alkyl halides is 2. The van der Waals surface area contributed by atoms with Crippen molar-refractivity contribution >= 4 is 31.7 Å². The highest BCUT2D eigenvalue weighted by Crippen LogP contribution is 2.21. The molecule has 8 nitrogen and oxygen atoms in total. The molecule has 0 fully saturated rings. The smallest absolute Gasteiger partial charge is 0.325 e. The molecule has 1 aromatic carbocycles. The first-order valence-electron chi connectivity index (χ1n) is 13.1. The maximum absolute atomic E-state index is 13.5. The number of benzene rings is 1. The van der Waals surface area contributed by atoms with Gasteiger partial charge in [-0.15, -0.1) is 4.72 Å². The number of anilines is 1. The third-order valence-electron chi connectivity index (χ3n) is 5.86. The van der Waals surface area contributed by atoms with Gasteiger partial charge < -0.3 is 5.11 Å². The molecule has 0 heterocycles. The lowest BCUT2D eigenvalue weighted by molar-refractivity contribution is -0.145. The van der Waals surface area contributed by atoms with Crippen LogP contribution in [0.2, 0.25) is 0 Å². The van der Waals surface area contributed by atoms with Crippen LogP contribution in [0.4, 0.5) is 14.5 Å². The standard InChI is InChI=1S/C25H42F2N2O6S2/c1-2-3-4-5-6-7-8-9-10-11-12-13-14-15-20-36(32,33)28-22-16-18-23(19-17-22)37(34,35)29-25(26,27)21-24(30)31/h16-19,28-29H,2-15,20-21H2,1H3,(H,30,31). The number of sulfonamides is 2. The number of halogens is 2. The fourth-order valence-electron chi connectivity index (χ4n) is 3.90. The van der Waals surface area contributed by atoms with E-state index in [1.807, 2.05) is 0 Å². The van der Waals surface area contributed by atoms with Crippen LogP contribution in [0.15, 0.2) is 29.2 Å². The van der Waals surface area contributed by atoms with Crippen LogP contribution < -0.4 is 9.44 Å². The Balaban J connectivity index is 2.28. The van der Waals surface area contributed by atoms with Crippen LogP contribution in [0.5, 0.6) is 0 Å². The Morgan fingerprint density at radius 2 is 1.22 bits per heavy atom. The SMILES string of the molecule is CCCCCCCCCCCCCCCCS(=O)(=O)Nc1ccc(S(=O)(=O)NC(F)(F)CC(=O)O)cc1. The number of carbonyl (C=O) groups is 1. The fraction of sp³-hybridized carbons (Fsp3) is 0.720. The molecule has 3 N–H and O–H groups in total. The number of hydrogen-bond acceptors (Lipinski definition) is 5. The van der Waals surface area contributed by atoms with Gasteiger partial charge >= 0.3 is 12.0 Å². The van der Waals surface area contributed by atoms with Crippen molar-refractivity contribution in [2.45, 2.75) is 114 Å². The molecular weight excluding hydrogens is 526 g/mol. The predicted molar refractivity (Wildman–Crippen MR) is 142 cm³/mol. The zero-order chi connectivity index (χ0) is 27.8. The van der Waals surface area contributed by atoms with E-state index in [-0.39, 0.29) is 11.4 Å². The number of unbranched alkanes of at least 4 members (excludes halogenated alkanes) is 13. The molecule has 12 heteroatoms. The lowest BCUT2D eigenvalue weighted by Crippen LogP contribution is -2.42. The molecule has 0 aliphatic rings. The Morgan fingerprint density at radius 3 is 1.65 bits per heavy atom. The molecule has 0 aliphatic carbocycles. The minimum Gasteiger partial charge on any atom is -0.481 e. The molecule has 37 heavy (non-hydrogen) atoms. The summed E-state index contributed by atoms with van der Waals surface area (Å²) in [5, 5.41) is 8.46. The van der Waals surface area contributed by atoms with E-state index in [0.717, 1.165) is 54.7 Å². The first-order valence-corrected chi connectivity index (χ1v) is 16.2. The Hall–Kier alpha value is -1.79. The van der Waals surface area contributed by atoms with Crippen LogP contribution >= 0.6 is 0 Å². The summed E-state index contributed by atoms with van der Waals surface area (Å²) in [5.41, 5.74) is 0.0987. The normalized spacial score (nSPS) is 12.5. The van der Waals surface area contributed by atoms with Crippen LogP contribution in [0.1, 0.15) is 103 Å². The summed E-state index contributed by atoms with van der Waals surface area (Å²) in [5.74, 6) is -1.94. The first-order chi connectivity index (χ1) is 17.4. The molecule has 0 spiro atoms. The zero-order valence-corrected chi connectivity index (χ0v) is 23.3. The third kappa shape index (κ3) is 15.9. The Bertz CT molecular complexity index is 1000. The Labute approximate surface area is 220 Å². The Morgan fingerprint density at radius 1 is 0.784 bits per heavy atom. The second-order valence-electron chi connectivity index (χ2n) is 9.42. The largest absolute Gasteiger partial charge is 0.481 e. The molecule has 0 bridgehead atoms. The summed E-state index contributed by atoms with van der Waals surface area (Å²) in [6.07, 6.45) is 14.5. The molecule has 214 valence electrons. The maximum Gasteiger partial charge on any atom is 0.325 e. The molecule has 1 rings (SSSR count). The maximum atomic E-state index is 13.5. The van der Waals surface area contributed by atoms with Gasteiger partial charge in [0.1, 0.15) is 6.42 Å². The summed E-state index contributed by atoms with van der Waals surface area (Å²) >= 11 is 0. The highest BCUT2D eigenvalue weighted by molar-refractivity contribution is 7.92. The number of aliphatic carboxylic acids is 1. The predicted octanol–water partition coefficient (Wildman–Crippen LogP) is 6.26. The van der Waals surface area contributed by atoms with Crippen molar-refractivity contribution in [1.29, 1.82) is 0 Å². The van der Waals surface area contributed by atoms with Gasteiger partial charge in [0.2, 0.25) is 20.0 Å². The first kappa shape index (κ1) is 33.2. The molecule has 0 radical (unpaired) electrons. The van der Waals surface area contributed by atoms with E-state index in [1.54, 1.807) is 0 Å². The second kappa shape index (κ2) is 16.9. The average molecular weight is 569 g/mol. The van der Waals surface area contributed by atoms with Crippen LogP contribution in [-0.2, 0) is 24.8 Å². The third-order valence-corrected chi connectivity index (χ3v) is 8.69. The van der Waals surface area contributed by atoms with Gasteiger partial charge in [-0.05, 0) is 30.7 Å². The zero-order valence-electron chi connectivity index (χ0n) is 21.7. The number of nitrogens with one attached hydrogen (secondary N) is 2. The summed E-state index contributed by atoms with van der Waals surface area (Å²) in [6.45, 7) is 2.22. The van der Waals surface area contributed by atoms with Gasteiger partial charge in [0.25, 0.3) is 0 Å². The van der Waals surface area contributed by atoms with Gasteiger partial charge in [-0.2, -0.15) is 8.78 Å². The van der Waals surface area contributed by atoms with Crippen molar-refractivity contribution in [2.24, 2.45) is 0 Å². The van der Waals surface area contributed by atoms with Gasteiger partial charge in [0.05, 0.1) is 10.6 Å². The van der Waals surface area contributed by atoms with E-state index in [0.29, 0.717) is 6.42 Å². The number of rotatable bonds is 22. The topological polar surface area (TPSA) is 130 Å².